The van der Waals surface area contributed by atoms with Gasteiger partial charge in [0, 0.05) is 17.6 Å². The van der Waals surface area contributed by atoms with E-state index in [4.69, 9.17) is 4.74 Å². The van der Waals surface area contributed by atoms with Gasteiger partial charge in [0.1, 0.15) is 0 Å². The fourth-order valence-electron chi connectivity index (χ4n) is 3.00. The van der Waals surface area contributed by atoms with E-state index in [1.807, 2.05) is 12.1 Å². The molecule has 2 aromatic rings. The summed E-state index contributed by atoms with van der Waals surface area (Å²) >= 11 is 1.53. The van der Waals surface area contributed by atoms with Crippen LogP contribution in [0.25, 0.3) is 0 Å². The zero-order valence-electron chi connectivity index (χ0n) is 14.3. The number of hydrogen-bond donors (Lipinski definition) is 2. The average molecular weight is 358 g/mol. The summed E-state index contributed by atoms with van der Waals surface area (Å²) in [4.78, 5) is 26.5. The number of hydrazine groups is 1. The van der Waals surface area contributed by atoms with Crippen molar-refractivity contribution in [1.29, 1.82) is 0 Å². The highest BCUT2D eigenvalue weighted by Gasteiger charge is 2.17. The van der Waals surface area contributed by atoms with Gasteiger partial charge in [-0.1, -0.05) is 18.6 Å². The summed E-state index contributed by atoms with van der Waals surface area (Å²) in [7, 11) is 1.61. The summed E-state index contributed by atoms with van der Waals surface area (Å²) in [6, 6.07) is 9.09. The van der Waals surface area contributed by atoms with E-state index in [1.54, 1.807) is 25.3 Å². The summed E-state index contributed by atoms with van der Waals surface area (Å²) in [5, 5.41) is 0. The molecule has 0 aliphatic heterocycles. The Morgan fingerprint density at radius 3 is 2.72 bits per heavy atom. The Bertz CT molecular complexity index is 746. The molecule has 25 heavy (non-hydrogen) atoms. The van der Waals surface area contributed by atoms with Crippen LogP contribution in [-0.4, -0.2) is 18.9 Å². The van der Waals surface area contributed by atoms with Crippen molar-refractivity contribution in [2.24, 2.45) is 0 Å². The molecule has 1 aliphatic rings. The first-order valence-corrected chi connectivity index (χ1v) is 9.29. The minimum absolute atomic E-state index is 0.264. The molecule has 1 heterocycles. The Balaban J connectivity index is 1.60. The Hall–Kier alpha value is -2.18. The molecule has 0 bridgehead atoms. The Kier molecular flexibility index (Phi) is 5.83. The molecule has 0 atom stereocenters. The van der Waals surface area contributed by atoms with Crippen molar-refractivity contribution >= 4 is 23.2 Å². The summed E-state index contributed by atoms with van der Waals surface area (Å²) in [6.07, 6.45) is 5.70. The summed E-state index contributed by atoms with van der Waals surface area (Å²) < 4.78 is 5.07. The molecule has 0 saturated heterocycles. The molecular formula is C19H22N2O3S. The number of benzene rings is 1. The highest BCUT2D eigenvalue weighted by Crippen LogP contribution is 2.28. The number of nitrogens with one attached hydrogen (secondary N) is 2. The lowest BCUT2D eigenvalue weighted by Crippen LogP contribution is -2.41. The second kappa shape index (κ2) is 8.27. The van der Waals surface area contributed by atoms with Gasteiger partial charge in [0.05, 0.1) is 11.5 Å². The minimum atomic E-state index is -0.343. The average Bonchev–Trinajstić information content (AvgIpc) is 2.91. The molecule has 2 N–H and O–H groups in total. The number of rotatable bonds is 4. The number of carbonyl (C=O) groups is 2. The standard InChI is InChI=1S/C19H22N2O3S/c1-24-12-13-6-5-8-15(10-13)18(22)20-21-19(23)17-11-14-7-3-2-4-9-16(14)25-17/h5-6,8,10-11H,2-4,7,9,12H2,1H3,(H,20,22)(H,21,23). The van der Waals surface area contributed by atoms with Gasteiger partial charge in [0.25, 0.3) is 11.8 Å². The van der Waals surface area contributed by atoms with Gasteiger partial charge in [0.15, 0.2) is 0 Å². The monoisotopic (exact) mass is 358 g/mol. The summed E-state index contributed by atoms with van der Waals surface area (Å²) in [5.74, 6) is -0.608. The fourth-order valence-corrected chi connectivity index (χ4v) is 4.14. The normalized spacial score (nSPS) is 13.6. The van der Waals surface area contributed by atoms with Gasteiger partial charge in [-0.3, -0.25) is 20.4 Å². The maximum absolute atomic E-state index is 12.3. The summed E-state index contributed by atoms with van der Waals surface area (Å²) in [6.45, 7) is 0.439. The molecule has 0 unspecified atom stereocenters. The molecule has 5 nitrogen and oxygen atoms in total. The third kappa shape index (κ3) is 4.46. The van der Waals surface area contributed by atoms with E-state index in [9.17, 15) is 9.59 Å². The Labute approximate surface area is 151 Å². The van der Waals surface area contributed by atoms with E-state index < -0.39 is 0 Å². The molecule has 3 rings (SSSR count). The van der Waals surface area contributed by atoms with E-state index in [2.05, 4.69) is 10.9 Å². The summed E-state index contributed by atoms with van der Waals surface area (Å²) in [5.41, 5.74) is 7.67. The van der Waals surface area contributed by atoms with Crippen LogP contribution in [-0.2, 0) is 24.2 Å². The zero-order valence-corrected chi connectivity index (χ0v) is 15.1. The van der Waals surface area contributed by atoms with Gasteiger partial charge in [-0.2, -0.15) is 0 Å². The van der Waals surface area contributed by atoms with Crippen molar-refractivity contribution in [2.45, 2.75) is 38.7 Å². The van der Waals surface area contributed by atoms with Crippen molar-refractivity contribution in [3.8, 4) is 0 Å². The first-order valence-electron chi connectivity index (χ1n) is 8.47. The first-order chi connectivity index (χ1) is 12.2. The zero-order chi connectivity index (χ0) is 17.6. The molecule has 1 aromatic carbocycles. The lowest BCUT2D eigenvalue weighted by atomic mass is 10.1. The van der Waals surface area contributed by atoms with Crippen molar-refractivity contribution in [3.63, 3.8) is 0 Å². The predicted octanol–water partition coefficient (Wildman–Crippen LogP) is 3.24. The number of amides is 2. The van der Waals surface area contributed by atoms with Crippen LogP contribution < -0.4 is 10.9 Å². The quantitative estimate of drug-likeness (QED) is 0.651. The van der Waals surface area contributed by atoms with Crippen LogP contribution in [0.15, 0.2) is 30.3 Å². The van der Waals surface area contributed by atoms with Crippen LogP contribution in [0.2, 0.25) is 0 Å². The highest BCUT2D eigenvalue weighted by atomic mass is 32.1. The molecule has 132 valence electrons. The van der Waals surface area contributed by atoms with Crippen LogP contribution in [0.1, 0.15) is 55.3 Å². The van der Waals surface area contributed by atoms with Gasteiger partial charge >= 0.3 is 0 Å². The fraction of sp³-hybridized carbons (Fsp3) is 0.368. The van der Waals surface area contributed by atoms with Crippen molar-refractivity contribution in [2.75, 3.05) is 7.11 Å². The molecular weight excluding hydrogens is 336 g/mol. The predicted molar refractivity (Wildman–Crippen MR) is 97.7 cm³/mol. The first kappa shape index (κ1) is 17.6. The van der Waals surface area contributed by atoms with Crippen LogP contribution in [0.4, 0.5) is 0 Å². The number of carbonyl (C=O) groups excluding carboxylic acids is 2. The molecule has 0 saturated carbocycles. The Morgan fingerprint density at radius 1 is 1.08 bits per heavy atom. The van der Waals surface area contributed by atoms with E-state index in [-0.39, 0.29) is 11.8 Å². The number of fused-ring (bicyclic) bond motifs is 1. The van der Waals surface area contributed by atoms with Crippen LogP contribution in [0.3, 0.4) is 0 Å². The minimum Gasteiger partial charge on any atom is -0.380 e. The molecule has 0 spiro atoms. The number of hydrogen-bond acceptors (Lipinski definition) is 4. The highest BCUT2D eigenvalue weighted by molar-refractivity contribution is 7.14. The SMILES string of the molecule is COCc1cccc(C(=O)NNC(=O)c2cc3c(s2)CCCCC3)c1. The van der Waals surface area contributed by atoms with Crippen molar-refractivity contribution < 1.29 is 14.3 Å². The molecule has 6 heteroatoms. The second-order valence-electron chi connectivity index (χ2n) is 6.16. The molecule has 0 fully saturated rings. The number of aryl methyl sites for hydroxylation is 2. The van der Waals surface area contributed by atoms with Crippen molar-refractivity contribution in [1.82, 2.24) is 10.9 Å². The third-order valence-corrected chi connectivity index (χ3v) is 5.50. The van der Waals surface area contributed by atoms with Gasteiger partial charge < -0.3 is 4.74 Å². The Morgan fingerprint density at radius 2 is 1.88 bits per heavy atom. The largest absolute Gasteiger partial charge is 0.380 e. The van der Waals surface area contributed by atoms with Crippen LogP contribution in [0.5, 0.6) is 0 Å². The number of ether oxygens (including phenoxy) is 1. The van der Waals surface area contributed by atoms with Gasteiger partial charge in [-0.25, -0.2) is 0 Å². The molecule has 2 amide bonds. The lowest BCUT2D eigenvalue weighted by molar-refractivity contribution is 0.0848. The van der Waals surface area contributed by atoms with Gasteiger partial charge in [-0.15, -0.1) is 11.3 Å². The van der Waals surface area contributed by atoms with Gasteiger partial charge in [0.2, 0.25) is 0 Å². The van der Waals surface area contributed by atoms with E-state index in [0.717, 1.165) is 18.4 Å². The molecule has 1 aliphatic carbocycles. The molecule has 1 aromatic heterocycles. The van der Waals surface area contributed by atoms with E-state index >= 15 is 0 Å². The smallest absolute Gasteiger partial charge is 0.279 e. The van der Waals surface area contributed by atoms with Crippen LogP contribution >= 0.6 is 11.3 Å². The molecule has 0 radical (unpaired) electrons. The van der Waals surface area contributed by atoms with Gasteiger partial charge in [-0.05, 0) is 55.0 Å². The second-order valence-corrected chi connectivity index (χ2v) is 7.30. The number of thiophene rings is 1. The maximum atomic E-state index is 12.3. The van der Waals surface area contributed by atoms with Crippen LogP contribution in [0, 0.1) is 0 Å². The maximum Gasteiger partial charge on any atom is 0.279 e. The van der Waals surface area contributed by atoms with E-state index in [1.165, 1.54) is 41.0 Å². The number of methoxy groups -OCH3 is 1. The lowest BCUT2D eigenvalue weighted by Gasteiger charge is -2.07. The third-order valence-electron chi connectivity index (χ3n) is 4.26. The van der Waals surface area contributed by atoms with E-state index in [0.29, 0.717) is 17.0 Å². The van der Waals surface area contributed by atoms with Crippen molar-refractivity contribution in [3.05, 3.63) is 56.8 Å². The topological polar surface area (TPSA) is 67.4 Å².